The van der Waals surface area contributed by atoms with Gasteiger partial charge in [-0.1, -0.05) is 35.6 Å². The molecule has 1 aliphatic rings. The number of thioether (sulfide) groups is 3. The Morgan fingerprint density at radius 2 is 2.00 bits per heavy atom. The molecule has 1 aliphatic heterocycles. The van der Waals surface area contributed by atoms with E-state index in [-0.39, 0.29) is 6.09 Å². The van der Waals surface area contributed by atoms with Crippen LogP contribution in [0.4, 0.5) is 4.79 Å². The minimum Gasteiger partial charge on any atom is -0.309 e. The number of nitrogens with zero attached hydrogens (tertiary/aromatic N) is 2. The third-order valence-corrected chi connectivity index (χ3v) is 5.79. The predicted octanol–water partition coefficient (Wildman–Crippen LogP) is 3.64. The molecule has 0 aromatic rings. The van der Waals surface area contributed by atoms with Crippen LogP contribution in [0.15, 0.2) is 5.16 Å². The lowest BCUT2D eigenvalue weighted by Gasteiger charge is -2.23. The number of oxime groups is 1. The molecule has 0 spiro atoms. The van der Waals surface area contributed by atoms with Crippen molar-refractivity contribution in [1.29, 1.82) is 0 Å². The molecule has 17 heavy (non-hydrogen) atoms. The van der Waals surface area contributed by atoms with Crippen molar-refractivity contribution in [3.8, 4) is 0 Å². The topological polar surface area (TPSA) is 41.9 Å². The molecule has 1 amide bonds. The highest BCUT2D eigenvalue weighted by molar-refractivity contribution is 8.48. The molecule has 0 aromatic heterocycles. The molecule has 7 heteroatoms. The molecule has 0 saturated carbocycles. The third kappa shape index (κ3) is 5.44. The second-order valence-electron chi connectivity index (χ2n) is 3.64. The molecule has 4 nitrogen and oxygen atoms in total. The van der Waals surface area contributed by atoms with Gasteiger partial charge in [0.05, 0.1) is 9.16 Å². The van der Waals surface area contributed by atoms with Crippen LogP contribution in [-0.2, 0) is 4.84 Å². The van der Waals surface area contributed by atoms with E-state index in [0.717, 1.165) is 10.8 Å². The summed E-state index contributed by atoms with van der Waals surface area (Å²) >= 11 is 5.16. The van der Waals surface area contributed by atoms with E-state index in [1.807, 2.05) is 18.7 Å². The highest BCUT2D eigenvalue weighted by atomic mass is 32.3. The maximum absolute atomic E-state index is 11.5. The molecular weight excluding hydrogens is 276 g/mol. The molecular formula is C10H18N2O2S3. The van der Waals surface area contributed by atoms with Crippen molar-refractivity contribution in [3.63, 3.8) is 0 Å². The number of hydrogen-bond acceptors (Lipinski definition) is 6. The Kier molecular flexibility index (Phi) is 6.58. The van der Waals surface area contributed by atoms with Crippen LogP contribution in [0, 0.1) is 0 Å². The van der Waals surface area contributed by atoms with Crippen molar-refractivity contribution in [2.75, 3.05) is 13.6 Å². The summed E-state index contributed by atoms with van der Waals surface area (Å²) in [6.45, 7) is 6.97. The third-order valence-electron chi connectivity index (χ3n) is 1.99. The summed E-state index contributed by atoms with van der Waals surface area (Å²) in [6.07, 6.45) is 0.523. The highest BCUT2D eigenvalue weighted by Gasteiger charge is 2.23. The molecule has 0 aromatic carbocycles. The predicted molar refractivity (Wildman–Crippen MR) is 78.5 cm³/mol. The van der Waals surface area contributed by atoms with E-state index in [9.17, 15) is 4.79 Å². The van der Waals surface area contributed by atoms with Crippen molar-refractivity contribution in [2.45, 2.75) is 36.4 Å². The van der Waals surface area contributed by atoms with E-state index in [4.69, 9.17) is 4.84 Å². The number of carbonyl (C=O) groups is 1. The normalized spacial score (nSPS) is 24.4. The molecule has 0 bridgehead atoms. The smallest absolute Gasteiger partial charge is 0.309 e. The molecule has 2 unspecified atom stereocenters. The molecule has 98 valence electrons. The van der Waals surface area contributed by atoms with Gasteiger partial charge in [0.15, 0.2) is 4.38 Å². The maximum atomic E-state index is 11.5. The molecule has 1 fully saturated rings. The lowest BCUT2D eigenvalue weighted by Crippen LogP contribution is -2.27. The number of amides is 1. The number of hydrogen-bond donors (Lipinski definition) is 0. The van der Waals surface area contributed by atoms with Crippen LogP contribution in [0.1, 0.15) is 27.2 Å². The molecule has 0 N–H and O–H groups in total. The van der Waals surface area contributed by atoms with Crippen molar-refractivity contribution in [2.24, 2.45) is 5.16 Å². The summed E-state index contributed by atoms with van der Waals surface area (Å²) in [4.78, 5) is 18.0. The Balaban J connectivity index is 2.44. The standard InChI is InChI=1S/C10H18N2O2S3/c1-5-6-12(4)10(13)14-11-9-16-7(2)15-8(3)17-9/h7-8H,5-6H2,1-4H3. The monoisotopic (exact) mass is 294 g/mol. The van der Waals surface area contributed by atoms with Gasteiger partial charge in [-0.2, -0.15) is 0 Å². The lowest BCUT2D eigenvalue weighted by molar-refractivity contribution is 0.115. The number of carbonyl (C=O) groups excluding carboxylic acids is 1. The van der Waals surface area contributed by atoms with Crippen molar-refractivity contribution in [3.05, 3.63) is 0 Å². The van der Waals surface area contributed by atoms with Gasteiger partial charge in [-0.05, 0) is 20.3 Å². The lowest BCUT2D eigenvalue weighted by atomic mass is 10.5. The van der Waals surface area contributed by atoms with E-state index in [0.29, 0.717) is 15.7 Å². The molecule has 1 rings (SSSR count). The highest BCUT2D eigenvalue weighted by Crippen LogP contribution is 2.43. The minimum atomic E-state index is -0.390. The second-order valence-corrected chi connectivity index (χ2v) is 8.84. The quantitative estimate of drug-likeness (QED) is 0.587. The van der Waals surface area contributed by atoms with Crippen molar-refractivity contribution >= 4 is 45.8 Å². The Morgan fingerprint density at radius 3 is 2.53 bits per heavy atom. The van der Waals surface area contributed by atoms with Crippen LogP contribution < -0.4 is 0 Å². The van der Waals surface area contributed by atoms with Crippen molar-refractivity contribution in [1.82, 2.24) is 4.90 Å². The molecule has 1 heterocycles. The van der Waals surface area contributed by atoms with Gasteiger partial charge in [-0.15, -0.1) is 11.8 Å². The van der Waals surface area contributed by atoms with Gasteiger partial charge in [0.1, 0.15) is 0 Å². The van der Waals surface area contributed by atoms with Crippen LogP contribution in [0.3, 0.4) is 0 Å². The van der Waals surface area contributed by atoms with E-state index in [1.54, 1.807) is 30.6 Å². The van der Waals surface area contributed by atoms with E-state index in [2.05, 4.69) is 19.0 Å². The summed E-state index contributed by atoms with van der Waals surface area (Å²) in [5, 5.41) is 3.93. The Labute approximate surface area is 115 Å². The van der Waals surface area contributed by atoms with Gasteiger partial charge in [-0.25, -0.2) is 4.79 Å². The van der Waals surface area contributed by atoms with Gasteiger partial charge in [0.2, 0.25) is 0 Å². The van der Waals surface area contributed by atoms with Crippen LogP contribution >= 0.6 is 35.3 Å². The fraction of sp³-hybridized carbons (Fsp3) is 0.800. The summed E-state index contributed by atoms with van der Waals surface area (Å²) in [5.74, 6) is 0. The van der Waals surface area contributed by atoms with Gasteiger partial charge in [0.25, 0.3) is 0 Å². The Hall–Kier alpha value is -0.0100. The zero-order valence-electron chi connectivity index (χ0n) is 10.5. The Bertz CT molecular complexity index is 287. The van der Waals surface area contributed by atoms with Crippen molar-refractivity contribution < 1.29 is 9.63 Å². The van der Waals surface area contributed by atoms with Crippen LogP contribution in [-0.4, -0.2) is 38.1 Å². The first-order valence-electron chi connectivity index (χ1n) is 5.51. The minimum absolute atomic E-state index is 0.390. The SMILES string of the molecule is CCCN(C)C(=O)ON=C1SC(C)SC(C)S1. The zero-order valence-corrected chi connectivity index (χ0v) is 13.0. The summed E-state index contributed by atoms with van der Waals surface area (Å²) in [5.41, 5.74) is 0. The van der Waals surface area contributed by atoms with Crippen LogP contribution in [0.25, 0.3) is 0 Å². The summed E-state index contributed by atoms with van der Waals surface area (Å²) in [7, 11) is 1.72. The van der Waals surface area contributed by atoms with E-state index < -0.39 is 0 Å². The maximum Gasteiger partial charge on any atom is 0.435 e. The average molecular weight is 294 g/mol. The van der Waals surface area contributed by atoms with Crippen LogP contribution in [0.2, 0.25) is 0 Å². The second kappa shape index (κ2) is 7.43. The van der Waals surface area contributed by atoms with Gasteiger partial charge in [0, 0.05) is 13.6 Å². The molecule has 2 atom stereocenters. The largest absolute Gasteiger partial charge is 0.435 e. The fourth-order valence-corrected chi connectivity index (χ4v) is 6.18. The molecule has 0 radical (unpaired) electrons. The first-order valence-corrected chi connectivity index (χ1v) is 8.22. The molecule has 1 saturated heterocycles. The van der Waals surface area contributed by atoms with Gasteiger partial charge in [-0.3, -0.25) is 4.84 Å². The summed E-state index contributed by atoms with van der Waals surface area (Å²) in [6, 6.07) is 0. The first kappa shape index (κ1) is 15.0. The number of rotatable bonds is 3. The summed E-state index contributed by atoms with van der Waals surface area (Å²) < 4.78 is 1.75. The average Bonchev–Trinajstić information content (AvgIpc) is 2.25. The Morgan fingerprint density at radius 1 is 1.41 bits per heavy atom. The molecule has 0 aliphatic carbocycles. The van der Waals surface area contributed by atoms with E-state index >= 15 is 0 Å². The van der Waals surface area contributed by atoms with Crippen LogP contribution in [0.5, 0.6) is 0 Å². The first-order chi connectivity index (χ1) is 8.02. The zero-order chi connectivity index (χ0) is 12.8. The van der Waals surface area contributed by atoms with Gasteiger partial charge >= 0.3 is 6.09 Å². The van der Waals surface area contributed by atoms with Gasteiger partial charge < -0.3 is 4.90 Å². The van der Waals surface area contributed by atoms with E-state index in [1.165, 1.54) is 4.90 Å². The fourth-order valence-electron chi connectivity index (χ4n) is 1.25.